The van der Waals surface area contributed by atoms with Crippen molar-refractivity contribution in [2.24, 2.45) is 0 Å². The van der Waals surface area contributed by atoms with E-state index in [0.29, 0.717) is 24.3 Å². The molecular weight excluding hydrogens is 239 g/mol. The maximum atomic E-state index is 13.1. The number of carbonyl (C=O) groups is 1. The fourth-order valence-electron chi connectivity index (χ4n) is 1.72. The van der Waals surface area contributed by atoms with Gasteiger partial charge < -0.3 is 14.6 Å². The van der Waals surface area contributed by atoms with Crippen LogP contribution >= 0.6 is 0 Å². The molecule has 1 N–H and O–H groups in total. The van der Waals surface area contributed by atoms with Crippen LogP contribution in [0.1, 0.15) is 18.9 Å². The first-order valence-electron chi connectivity index (χ1n) is 5.55. The number of allylic oxidation sites excluding steroid dienone is 1. The number of rotatable bonds is 4. The van der Waals surface area contributed by atoms with Crippen molar-refractivity contribution < 1.29 is 23.8 Å². The highest BCUT2D eigenvalue weighted by molar-refractivity contribution is 5.84. The minimum atomic E-state index is -1.52. The van der Waals surface area contributed by atoms with Gasteiger partial charge >= 0.3 is 5.97 Å². The lowest BCUT2D eigenvalue weighted by atomic mass is 10.0. The van der Waals surface area contributed by atoms with Crippen LogP contribution in [0, 0.1) is 0 Å². The second-order valence-electron chi connectivity index (χ2n) is 4.09. The summed E-state index contributed by atoms with van der Waals surface area (Å²) in [4.78, 5) is 10.4. The molecule has 18 heavy (non-hydrogen) atoms. The summed E-state index contributed by atoms with van der Waals surface area (Å²) in [5, 5.41) is 8.51. The van der Waals surface area contributed by atoms with Crippen molar-refractivity contribution in [2.45, 2.75) is 19.8 Å². The lowest BCUT2D eigenvalue weighted by Crippen LogP contribution is -1.99. The van der Waals surface area contributed by atoms with E-state index >= 15 is 0 Å². The zero-order valence-corrected chi connectivity index (χ0v) is 9.90. The number of ether oxygens (including phenoxy) is 2. The first kappa shape index (κ1) is 12.4. The van der Waals surface area contributed by atoms with E-state index in [9.17, 15) is 9.18 Å². The Balaban J connectivity index is 2.03. The van der Waals surface area contributed by atoms with Gasteiger partial charge in [0.25, 0.3) is 0 Å². The Morgan fingerprint density at radius 2 is 2.11 bits per heavy atom. The van der Waals surface area contributed by atoms with Gasteiger partial charge in [0, 0.05) is 0 Å². The molecule has 1 aromatic rings. The van der Waals surface area contributed by atoms with Crippen LogP contribution in [0.25, 0.3) is 0 Å². The quantitative estimate of drug-likeness (QED) is 0.837. The maximum Gasteiger partial charge on any atom is 0.364 e. The van der Waals surface area contributed by atoms with Gasteiger partial charge in [-0.05, 0) is 43.0 Å². The second kappa shape index (κ2) is 5.08. The van der Waals surface area contributed by atoms with E-state index in [2.05, 4.69) is 0 Å². The van der Waals surface area contributed by atoms with Crippen LogP contribution in [-0.2, 0) is 11.2 Å². The minimum absolute atomic E-state index is 0.214. The number of carboxylic acids is 1. The highest BCUT2D eigenvalue weighted by Crippen LogP contribution is 2.33. The molecule has 0 aromatic heterocycles. The molecule has 1 heterocycles. The number of aryl methyl sites for hydroxylation is 1. The summed E-state index contributed by atoms with van der Waals surface area (Å²) in [6.45, 7) is 1.70. The standard InChI is InChI=1S/C13H13FO4/c1-8(12(14)13(15)16)2-3-9-4-5-10-11(6-9)18-7-17-10/h4-6H,2-3,7H2,1H3,(H,15,16). The molecule has 0 amide bonds. The average Bonchev–Trinajstić information content (AvgIpc) is 2.82. The minimum Gasteiger partial charge on any atom is -0.476 e. The second-order valence-corrected chi connectivity index (χ2v) is 4.09. The third kappa shape index (κ3) is 2.61. The average molecular weight is 252 g/mol. The van der Waals surface area contributed by atoms with Gasteiger partial charge in [0.15, 0.2) is 11.5 Å². The van der Waals surface area contributed by atoms with E-state index in [1.54, 1.807) is 6.07 Å². The third-order valence-corrected chi connectivity index (χ3v) is 2.79. The maximum absolute atomic E-state index is 13.1. The normalized spacial score (nSPS) is 14.3. The number of hydrogen-bond donors (Lipinski definition) is 1. The number of hydrogen-bond acceptors (Lipinski definition) is 3. The summed E-state index contributed by atoms with van der Waals surface area (Å²) >= 11 is 0. The van der Waals surface area contributed by atoms with Crippen molar-refractivity contribution >= 4 is 5.97 Å². The van der Waals surface area contributed by atoms with Crippen molar-refractivity contribution in [3.8, 4) is 11.5 Å². The van der Waals surface area contributed by atoms with Gasteiger partial charge in [-0.3, -0.25) is 0 Å². The molecule has 2 rings (SSSR count). The number of carboxylic acid groups (broad SMARTS) is 1. The molecule has 0 radical (unpaired) electrons. The molecule has 0 spiro atoms. The summed E-state index contributed by atoms with van der Waals surface area (Å²) in [7, 11) is 0. The Morgan fingerprint density at radius 1 is 1.39 bits per heavy atom. The molecular formula is C13H13FO4. The molecule has 0 bridgehead atoms. The molecule has 1 aliphatic rings. The van der Waals surface area contributed by atoms with Crippen molar-refractivity contribution in [3.05, 3.63) is 35.2 Å². The van der Waals surface area contributed by atoms with Crippen molar-refractivity contribution in [1.29, 1.82) is 0 Å². The molecule has 0 unspecified atom stereocenters. The third-order valence-electron chi connectivity index (χ3n) is 2.79. The number of halogens is 1. The molecule has 5 heteroatoms. The van der Waals surface area contributed by atoms with E-state index in [-0.39, 0.29) is 12.4 Å². The van der Waals surface area contributed by atoms with Gasteiger partial charge in [0.1, 0.15) is 0 Å². The fourth-order valence-corrected chi connectivity index (χ4v) is 1.72. The van der Waals surface area contributed by atoms with Crippen molar-refractivity contribution in [2.75, 3.05) is 6.79 Å². The molecule has 4 nitrogen and oxygen atoms in total. The lowest BCUT2D eigenvalue weighted by molar-refractivity contribution is -0.134. The van der Waals surface area contributed by atoms with Crippen LogP contribution in [-0.4, -0.2) is 17.9 Å². The first-order valence-corrected chi connectivity index (χ1v) is 5.55. The fraction of sp³-hybridized carbons (Fsp3) is 0.308. The topological polar surface area (TPSA) is 55.8 Å². The van der Waals surface area contributed by atoms with Gasteiger partial charge in [-0.25, -0.2) is 4.79 Å². The SMILES string of the molecule is CC(CCc1ccc2c(c1)OCO2)=C(F)C(=O)O. The van der Waals surface area contributed by atoms with Crippen molar-refractivity contribution in [3.63, 3.8) is 0 Å². The van der Waals surface area contributed by atoms with E-state index in [4.69, 9.17) is 14.6 Å². The Hall–Kier alpha value is -2.04. The van der Waals surface area contributed by atoms with Crippen LogP contribution < -0.4 is 9.47 Å². The van der Waals surface area contributed by atoms with Crippen LogP contribution in [0.4, 0.5) is 4.39 Å². The van der Waals surface area contributed by atoms with E-state index < -0.39 is 11.8 Å². The van der Waals surface area contributed by atoms with Crippen LogP contribution in [0.5, 0.6) is 11.5 Å². The Morgan fingerprint density at radius 3 is 2.83 bits per heavy atom. The van der Waals surface area contributed by atoms with E-state index in [1.165, 1.54) is 6.92 Å². The zero-order chi connectivity index (χ0) is 13.1. The molecule has 96 valence electrons. The van der Waals surface area contributed by atoms with Gasteiger partial charge in [-0.15, -0.1) is 0 Å². The highest BCUT2D eigenvalue weighted by Gasteiger charge is 2.14. The Kier molecular flexibility index (Phi) is 3.50. The Labute approximate surface area is 104 Å². The molecule has 0 saturated carbocycles. The summed E-state index contributed by atoms with van der Waals surface area (Å²) < 4.78 is 23.5. The van der Waals surface area contributed by atoms with E-state index in [1.807, 2.05) is 12.1 Å². The van der Waals surface area contributed by atoms with Crippen LogP contribution in [0.3, 0.4) is 0 Å². The molecule has 0 saturated heterocycles. The number of benzene rings is 1. The highest BCUT2D eigenvalue weighted by atomic mass is 19.1. The van der Waals surface area contributed by atoms with Gasteiger partial charge in [0.2, 0.25) is 12.6 Å². The molecule has 0 atom stereocenters. The largest absolute Gasteiger partial charge is 0.476 e. The monoisotopic (exact) mass is 252 g/mol. The van der Waals surface area contributed by atoms with Gasteiger partial charge in [0.05, 0.1) is 0 Å². The molecule has 1 aromatic carbocycles. The number of fused-ring (bicyclic) bond motifs is 1. The predicted molar refractivity (Wildman–Crippen MR) is 62.3 cm³/mol. The summed E-state index contributed by atoms with van der Waals surface area (Å²) in [6.07, 6.45) is 0.918. The summed E-state index contributed by atoms with van der Waals surface area (Å²) in [6, 6.07) is 5.48. The smallest absolute Gasteiger partial charge is 0.364 e. The molecule has 0 aliphatic carbocycles. The van der Waals surface area contributed by atoms with Crippen LogP contribution in [0.2, 0.25) is 0 Å². The molecule has 1 aliphatic heterocycles. The van der Waals surface area contributed by atoms with Crippen molar-refractivity contribution in [1.82, 2.24) is 0 Å². The summed E-state index contributed by atoms with van der Waals surface area (Å²) in [5.41, 5.74) is 1.19. The summed E-state index contributed by atoms with van der Waals surface area (Å²) in [5.74, 6) is -1.22. The lowest BCUT2D eigenvalue weighted by Gasteiger charge is -2.04. The molecule has 0 fully saturated rings. The van der Waals surface area contributed by atoms with Crippen LogP contribution in [0.15, 0.2) is 29.6 Å². The Bertz CT molecular complexity index is 508. The predicted octanol–water partition coefficient (Wildman–Crippen LogP) is 2.68. The van der Waals surface area contributed by atoms with Gasteiger partial charge in [-0.1, -0.05) is 6.07 Å². The number of aliphatic carboxylic acids is 1. The zero-order valence-electron chi connectivity index (χ0n) is 9.90. The first-order chi connectivity index (χ1) is 8.58. The van der Waals surface area contributed by atoms with E-state index in [0.717, 1.165) is 5.56 Å². The van der Waals surface area contributed by atoms with Gasteiger partial charge in [-0.2, -0.15) is 4.39 Å².